The minimum Gasteiger partial charge on any atom is -0.359 e. The van der Waals surface area contributed by atoms with Gasteiger partial charge in [0.1, 0.15) is 19.0 Å². The molecule has 0 radical (unpaired) electrons. The summed E-state index contributed by atoms with van der Waals surface area (Å²) in [7, 11) is -2.68. The van der Waals surface area contributed by atoms with Crippen LogP contribution in [0.3, 0.4) is 0 Å². The van der Waals surface area contributed by atoms with Gasteiger partial charge < -0.3 is 9.47 Å². The molecule has 0 bridgehead atoms. The van der Waals surface area contributed by atoms with Crippen molar-refractivity contribution in [2.75, 3.05) is 13.9 Å². The lowest BCUT2D eigenvalue weighted by Gasteiger charge is -2.24. The second-order valence-corrected chi connectivity index (χ2v) is 5.98. The molecule has 0 fully saturated rings. The van der Waals surface area contributed by atoms with Gasteiger partial charge >= 0.3 is 10.3 Å². The summed E-state index contributed by atoms with van der Waals surface area (Å²) in [5.74, 6) is 0. The van der Waals surface area contributed by atoms with Gasteiger partial charge in [0.2, 0.25) is 0 Å². The first-order valence-electron chi connectivity index (χ1n) is 5.51. The fraction of sp³-hybridized carbons (Fsp3) is 0.455. The molecule has 114 valence electrons. The maximum absolute atomic E-state index is 11.0. The number of methoxy groups -OCH3 is 1. The second-order valence-electron chi connectivity index (χ2n) is 3.95. The average Bonchev–Trinajstić information content (AvgIpc) is 2.29. The maximum atomic E-state index is 11.0. The Balaban J connectivity index is 3.04. The van der Waals surface area contributed by atoms with Crippen molar-refractivity contribution in [3.05, 3.63) is 33.8 Å². The van der Waals surface area contributed by atoms with Crippen LogP contribution in [0, 0.1) is 0 Å². The molecule has 1 aromatic carbocycles. The van der Waals surface area contributed by atoms with Crippen molar-refractivity contribution in [1.82, 2.24) is 0 Å². The minimum atomic E-state index is -4.11. The highest BCUT2D eigenvalue weighted by Crippen LogP contribution is 2.32. The maximum Gasteiger partial charge on any atom is 0.333 e. The lowest BCUT2D eigenvalue weighted by atomic mass is 10.1. The quantitative estimate of drug-likeness (QED) is 0.767. The number of rotatable bonds is 7. The molecule has 6 nitrogen and oxygen atoms in total. The van der Waals surface area contributed by atoms with Crippen molar-refractivity contribution in [2.45, 2.75) is 19.1 Å². The summed E-state index contributed by atoms with van der Waals surface area (Å²) >= 11 is 11.9. The van der Waals surface area contributed by atoms with Crippen molar-refractivity contribution in [3.63, 3.8) is 0 Å². The van der Waals surface area contributed by atoms with Crippen molar-refractivity contribution < 1.29 is 22.1 Å². The summed E-state index contributed by atoms with van der Waals surface area (Å²) in [6, 6.07) is 4.74. The summed E-state index contributed by atoms with van der Waals surface area (Å²) in [5.41, 5.74) is 0.518. The van der Waals surface area contributed by atoms with Gasteiger partial charge in [-0.05, 0) is 19.1 Å². The third-order valence-corrected chi connectivity index (χ3v) is 3.48. The zero-order valence-electron chi connectivity index (χ0n) is 10.9. The van der Waals surface area contributed by atoms with Gasteiger partial charge in [-0.3, -0.25) is 4.18 Å². The molecule has 0 amide bonds. The summed E-state index contributed by atoms with van der Waals surface area (Å²) in [5, 5.41) is 5.62. The number of nitrogens with two attached hydrogens (primary N) is 1. The molecule has 0 saturated heterocycles. The first kappa shape index (κ1) is 17.6. The molecule has 1 aromatic rings. The van der Waals surface area contributed by atoms with E-state index in [2.05, 4.69) is 0 Å². The average molecular weight is 344 g/mol. The van der Waals surface area contributed by atoms with Crippen LogP contribution in [0.1, 0.15) is 18.6 Å². The Kier molecular flexibility index (Phi) is 6.67. The van der Waals surface area contributed by atoms with Crippen LogP contribution in [0.2, 0.25) is 10.0 Å². The van der Waals surface area contributed by atoms with Crippen LogP contribution in [0.15, 0.2) is 18.2 Å². The Morgan fingerprint density at radius 3 is 2.50 bits per heavy atom. The van der Waals surface area contributed by atoms with Crippen molar-refractivity contribution in [2.24, 2.45) is 5.14 Å². The normalized spacial score (nSPS) is 15.1. The fourth-order valence-corrected chi connectivity index (χ4v) is 2.65. The third kappa shape index (κ3) is 5.53. The molecule has 0 spiro atoms. The molecular formula is C11H15Cl2NO5S. The Morgan fingerprint density at radius 2 is 2.00 bits per heavy atom. The van der Waals surface area contributed by atoms with E-state index >= 15 is 0 Å². The molecule has 0 aromatic heterocycles. The van der Waals surface area contributed by atoms with E-state index < -0.39 is 22.5 Å². The van der Waals surface area contributed by atoms with E-state index in [9.17, 15) is 8.42 Å². The van der Waals surface area contributed by atoms with Gasteiger partial charge in [0.05, 0.1) is 0 Å². The van der Waals surface area contributed by atoms with E-state index in [-0.39, 0.29) is 6.79 Å². The van der Waals surface area contributed by atoms with Gasteiger partial charge in [0.15, 0.2) is 0 Å². The Labute approximate surface area is 128 Å². The van der Waals surface area contributed by atoms with E-state index in [4.69, 9.17) is 42.0 Å². The zero-order valence-corrected chi connectivity index (χ0v) is 13.2. The number of ether oxygens (including phenoxy) is 2. The Bertz CT molecular complexity index is 552. The second kappa shape index (κ2) is 7.56. The lowest BCUT2D eigenvalue weighted by molar-refractivity contribution is -0.104. The van der Waals surface area contributed by atoms with E-state index in [1.54, 1.807) is 12.1 Å². The molecule has 1 rings (SSSR count). The molecule has 0 unspecified atom stereocenters. The summed E-state index contributed by atoms with van der Waals surface area (Å²) in [6.07, 6.45) is -1.67. The van der Waals surface area contributed by atoms with Crippen LogP contribution in [0.4, 0.5) is 0 Å². The van der Waals surface area contributed by atoms with Gasteiger partial charge in [-0.15, -0.1) is 0 Å². The first-order valence-corrected chi connectivity index (χ1v) is 7.74. The Morgan fingerprint density at radius 1 is 1.35 bits per heavy atom. The van der Waals surface area contributed by atoms with E-state index in [1.165, 1.54) is 20.1 Å². The zero-order chi connectivity index (χ0) is 15.3. The van der Waals surface area contributed by atoms with E-state index in [1.807, 2.05) is 0 Å². The van der Waals surface area contributed by atoms with Gasteiger partial charge in [-0.25, -0.2) is 5.14 Å². The van der Waals surface area contributed by atoms with Crippen LogP contribution < -0.4 is 5.14 Å². The molecule has 0 heterocycles. The van der Waals surface area contributed by atoms with Crippen molar-refractivity contribution in [3.8, 4) is 0 Å². The highest BCUT2D eigenvalue weighted by Gasteiger charge is 2.26. The molecular weight excluding hydrogens is 329 g/mol. The molecule has 9 heteroatoms. The molecule has 0 saturated carbocycles. The molecule has 0 aliphatic rings. The first-order chi connectivity index (χ1) is 9.24. The Hall–Kier alpha value is -0.410. The lowest BCUT2D eigenvalue weighted by Crippen LogP contribution is -2.29. The predicted molar refractivity (Wildman–Crippen MR) is 75.8 cm³/mol. The van der Waals surface area contributed by atoms with Crippen LogP contribution >= 0.6 is 23.2 Å². The SMILES string of the molecule is COCO[C@@H](c1ccc(Cl)cc1Cl)[C@H](C)OS(N)(=O)=O. The summed E-state index contributed by atoms with van der Waals surface area (Å²) < 4.78 is 36.9. The molecule has 0 aliphatic heterocycles. The smallest absolute Gasteiger partial charge is 0.333 e. The van der Waals surface area contributed by atoms with Crippen LogP contribution in [-0.4, -0.2) is 28.4 Å². The van der Waals surface area contributed by atoms with Gasteiger partial charge in [0.25, 0.3) is 0 Å². The fourth-order valence-electron chi connectivity index (χ4n) is 1.61. The van der Waals surface area contributed by atoms with Crippen molar-refractivity contribution in [1.29, 1.82) is 0 Å². The molecule has 0 aliphatic carbocycles. The van der Waals surface area contributed by atoms with E-state index in [0.29, 0.717) is 15.6 Å². The molecule has 2 N–H and O–H groups in total. The van der Waals surface area contributed by atoms with E-state index in [0.717, 1.165) is 0 Å². The molecule has 2 atom stereocenters. The van der Waals surface area contributed by atoms with Gasteiger partial charge in [0, 0.05) is 22.7 Å². The monoisotopic (exact) mass is 343 g/mol. The molecule has 20 heavy (non-hydrogen) atoms. The van der Waals surface area contributed by atoms with Crippen LogP contribution in [0.5, 0.6) is 0 Å². The largest absolute Gasteiger partial charge is 0.359 e. The number of hydrogen-bond acceptors (Lipinski definition) is 5. The van der Waals surface area contributed by atoms with Gasteiger partial charge in [-0.2, -0.15) is 8.42 Å². The van der Waals surface area contributed by atoms with Crippen molar-refractivity contribution >= 4 is 33.5 Å². The highest BCUT2D eigenvalue weighted by molar-refractivity contribution is 7.84. The number of benzene rings is 1. The summed E-state index contributed by atoms with van der Waals surface area (Å²) in [6.45, 7) is 1.43. The topological polar surface area (TPSA) is 87.8 Å². The summed E-state index contributed by atoms with van der Waals surface area (Å²) in [4.78, 5) is 0. The predicted octanol–water partition coefficient (Wildman–Crippen LogP) is 2.26. The standard InChI is InChI=1S/C11H15Cl2NO5S/c1-7(19-20(14,15)16)11(18-6-17-2)9-4-3-8(12)5-10(9)13/h3-5,7,11H,6H2,1-2H3,(H2,14,15,16)/t7-,11+/m0/s1. The minimum absolute atomic E-state index is 0.0675. The number of hydrogen-bond donors (Lipinski definition) is 1. The highest BCUT2D eigenvalue weighted by atomic mass is 35.5. The third-order valence-electron chi connectivity index (χ3n) is 2.35. The van der Waals surface area contributed by atoms with Crippen LogP contribution in [-0.2, 0) is 24.0 Å². The number of halogens is 2. The van der Waals surface area contributed by atoms with Gasteiger partial charge in [-0.1, -0.05) is 29.3 Å². The van der Waals surface area contributed by atoms with Crippen LogP contribution in [0.25, 0.3) is 0 Å².